The van der Waals surface area contributed by atoms with E-state index in [4.69, 9.17) is 9.47 Å². The summed E-state index contributed by atoms with van der Waals surface area (Å²) in [4.78, 5) is 2.34. The fraction of sp³-hybridized carbons (Fsp3) is 0.188. The lowest BCUT2D eigenvalue weighted by Gasteiger charge is -2.12. The Bertz CT molecular complexity index is 823. The molecule has 0 aliphatic rings. The smallest absolute Gasteiger partial charge is 0.276 e. The van der Waals surface area contributed by atoms with Gasteiger partial charge in [0.05, 0.1) is 28.4 Å². The second-order valence-corrected chi connectivity index (χ2v) is 7.46. The molecule has 24 heavy (non-hydrogen) atoms. The first kappa shape index (κ1) is 18.5. The third-order valence-corrected chi connectivity index (χ3v) is 5.02. The molecule has 0 heterocycles. The van der Waals surface area contributed by atoms with Crippen molar-refractivity contribution < 1.29 is 17.9 Å². The highest BCUT2D eigenvalue weighted by atomic mass is 127. The van der Waals surface area contributed by atoms with Gasteiger partial charge in [0, 0.05) is 0 Å². The van der Waals surface area contributed by atoms with Crippen molar-refractivity contribution in [1.29, 1.82) is 0 Å². The highest BCUT2D eigenvalue weighted by molar-refractivity contribution is 14.1. The number of hydrogen-bond acceptors (Lipinski definition) is 5. The van der Waals surface area contributed by atoms with E-state index in [0.29, 0.717) is 23.7 Å². The lowest BCUT2D eigenvalue weighted by Crippen LogP contribution is -2.18. The van der Waals surface area contributed by atoms with Crippen molar-refractivity contribution in [2.45, 2.75) is 11.8 Å². The van der Waals surface area contributed by atoms with Crippen molar-refractivity contribution in [3.63, 3.8) is 0 Å². The van der Waals surface area contributed by atoms with Crippen molar-refractivity contribution in [3.8, 4) is 11.5 Å². The molecule has 0 bridgehead atoms. The van der Waals surface area contributed by atoms with Gasteiger partial charge >= 0.3 is 0 Å². The van der Waals surface area contributed by atoms with E-state index in [1.165, 1.54) is 18.3 Å². The van der Waals surface area contributed by atoms with Gasteiger partial charge in [-0.2, -0.15) is 13.5 Å². The van der Waals surface area contributed by atoms with Crippen LogP contribution in [0.5, 0.6) is 11.5 Å². The molecule has 6 nitrogen and oxygen atoms in total. The summed E-state index contributed by atoms with van der Waals surface area (Å²) in [5, 5.41) is 3.82. The number of benzene rings is 2. The molecule has 0 fully saturated rings. The van der Waals surface area contributed by atoms with Crippen LogP contribution in [-0.4, -0.2) is 28.3 Å². The van der Waals surface area contributed by atoms with Gasteiger partial charge in [0.15, 0.2) is 11.5 Å². The number of rotatable bonds is 7. The SMILES string of the molecule is CCOc1c(I)cc(C=NNS(=O)(=O)c2ccccc2)cc1OC. The maximum Gasteiger partial charge on any atom is 0.276 e. The average Bonchev–Trinajstić information content (AvgIpc) is 2.57. The number of halogens is 1. The van der Waals surface area contributed by atoms with Crippen LogP contribution in [0.25, 0.3) is 0 Å². The molecule has 0 saturated carbocycles. The van der Waals surface area contributed by atoms with Crippen LogP contribution in [0.3, 0.4) is 0 Å². The number of nitrogens with one attached hydrogen (secondary N) is 1. The first-order chi connectivity index (χ1) is 11.5. The van der Waals surface area contributed by atoms with E-state index >= 15 is 0 Å². The molecule has 0 aliphatic carbocycles. The number of nitrogens with zero attached hydrogens (tertiary/aromatic N) is 1. The second-order valence-electron chi connectivity index (χ2n) is 4.63. The monoisotopic (exact) mass is 460 g/mol. The second kappa shape index (κ2) is 8.34. The number of sulfonamides is 1. The molecule has 0 aliphatic heterocycles. The van der Waals surface area contributed by atoms with Crippen molar-refractivity contribution in [2.75, 3.05) is 13.7 Å². The molecular weight excluding hydrogens is 443 g/mol. The van der Waals surface area contributed by atoms with Crippen LogP contribution in [0.4, 0.5) is 0 Å². The standard InChI is InChI=1S/C16H17IN2O4S/c1-3-23-16-14(17)9-12(10-15(16)22-2)11-18-19-24(20,21)13-7-5-4-6-8-13/h4-11,19H,3H2,1-2H3. The average molecular weight is 460 g/mol. The summed E-state index contributed by atoms with van der Waals surface area (Å²) in [6.07, 6.45) is 1.42. The molecule has 0 aromatic heterocycles. The fourth-order valence-electron chi connectivity index (χ4n) is 1.92. The quantitative estimate of drug-likeness (QED) is 0.392. The van der Waals surface area contributed by atoms with Crippen LogP contribution in [-0.2, 0) is 10.0 Å². The molecule has 2 aromatic rings. The van der Waals surface area contributed by atoms with Gasteiger partial charge in [-0.1, -0.05) is 18.2 Å². The normalized spacial score (nSPS) is 11.5. The van der Waals surface area contributed by atoms with E-state index in [-0.39, 0.29) is 4.90 Å². The number of hydrazone groups is 1. The summed E-state index contributed by atoms with van der Waals surface area (Å²) < 4.78 is 35.9. The molecule has 0 unspecified atom stereocenters. The number of ether oxygens (including phenoxy) is 2. The third-order valence-electron chi connectivity index (χ3n) is 2.98. The van der Waals surface area contributed by atoms with Gasteiger partial charge in [-0.3, -0.25) is 0 Å². The van der Waals surface area contributed by atoms with E-state index in [1.807, 2.05) is 13.0 Å². The predicted octanol–water partition coefficient (Wildman–Crippen LogP) is 3.01. The first-order valence-electron chi connectivity index (χ1n) is 7.08. The molecule has 8 heteroatoms. The van der Waals surface area contributed by atoms with E-state index < -0.39 is 10.0 Å². The summed E-state index contributed by atoms with van der Waals surface area (Å²) in [5.41, 5.74) is 0.690. The minimum atomic E-state index is -3.68. The topological polar surface area (TPSA) is 77.0 Å². The predicted molar refractivity (Wildman–Crippen MR) is 101 cm³/mol. The molecule has 0 amide bonds. The Morgan fingerprint density at radius 2 is 1.96 bits per heavy atom. The Morgan fingerprint density at radius 1 is 1.25 bits per heavy atom. The molecule has 0 radical (unpaired) electrons. The molecule has 2 aromatic carbocycles. The van der Waals surface area contributed by atoms with Gasteiger partial charge in [0.1, 0.15) is 0 Å². The molecule has 2 rings (SSSR count). The largest absolute Gasteiger partial charge is 0.493 e. The zero-order chi connectivity index (χ0) is 17.6. The molecule has 128 valence electrons. The van der Waals surface area contributed by atoms with Gasteiger partial charge in [0.2, 0.25) is 0 Å². The first-order valence-corrected chi connectivity index (χ1v) is 9.64. The Balaban J connectivity index is 2.19. The van der Waals surface area contributed by atoms with Crippen LogP contribution >= 0.6 is 22.6 Å². The van der Waals surface area contributed by atoms with Crippen molar-refractivity contribution in [3.05, 3.63) is 51.6 Å². The Labute approximate surface area is 155 Å². The zero-order valence-corrected chi connectivity index (χ0v) is 16.2. The zero-order valence-electron chi connectivity index (χ0n) is 13.2. The van der Waals surface area contributed by atoms with E-state index in [0.717, 1.165) is 3.57 Å². The lowest BCUT2D eigenvalue weighted by atomic mass is 10.2. The molecule has 1 N–H and O–H groups in total. The number of hydrogen-bond donors (Lipinski definition) is 1. The minimum Gasteiger partial charge on any atom is -0.493 e. The van der Waals surface area contributed by atoms with E-state index in [2.05, 4.69) is 32.5 Å². The minimum absolute atomic E-state index is 0.154. The highest BCUT2D eigenvalue weighted by Gasteiger charge is 2.12. The van der Waals surface area contributed by atoms with Crippen LogP contribution in [0.1, 0.15) is 12.5 Å². The van der Waals surface area contributed by atoms with Crippen LogP contribution in [0, 0.1) is 3.57 Å². The van der Waals surface area contributed by atoms with E-state index in [1.54, 1.807) is 31.4 Å². The summed E-state index contributed by atoms with van der Waals surface area (Å²) >= 11 is 2.13. The van der Waals surface area contributed by atoms with Crippen molar-refractivity contribution in [2.24, 2.45) is 5.10 Å². The Kier molecular flexibility index (Phi) is 6.44. The molecule has 0 atom stereocenters. The maximum absolute atomic E-state index is 12.1. The summed E-state index contributed by atoms with van der Waals surface area (Å²) in [6.45, 7) is 2.42. The van der Waals surface area contributed by atoms with Gasteiger partial charge in [-0.15, -0.1) is 0 Å². The van der Waals surface area contributed by atoms with Gasteiger partial charge in [-0.05, 0) is 59.3 Å². The van der Waals surface area contributed by atoms with Crippen LogP contribution in [0.2, 0.25) is 0 Å². The lowest BCUT2D eigenvalue weighted by molar-refractivity contribution is 0.308. The Morgan fingerprint density at radius 3 is 2.58 bits per heavy atom. The molecule has 0 spiro atoms. The summed E-state index contributed by atoms with van der Waals surface area (Å²) in [7, 11) is -2.13. The van der Waals surface area contributed by atoms with Gasteiger partial charge in [0.25, 0.3) is 10.0 Å². The van der Waals surface area contributed by atoms with E-state index in [9.17, 15) is 8.42 Å². The van der Waals surface area contributed by atoms with Gasteiger partial charge < -0.3 is 9.47 Å². The third kappa shape index (κ3) is 4.60. The number of methoxy groups -OCH3 is 1. The maximum atomic E-state index is 12.1. The van der Waals surface area contributed by atoms with Crippen LogP contribution < -0.4 is 14.3 Å². The Hall–Kier alpha value is -1.81. The van der Waals surface area contributed by atoms with Crippen molar-refractivity contribution in [1.82, 2.24) is 4.83 Å². The van der Waals surface area contributed by atoms with Gasteiger partial charge in [-0.25, -0.2) is 4.83 Å². The summed E-state index contributed by atoms with van der Waals surface area (Å²) in [5.74, 6) is 1.22. The molecular formula is C16H17IN2O4S. The van der Waals surface area contributed by atoms with Crippen LogP contribution in [0.15, 0.2) is 52.5 Å². The fourth-order valence-corrected chi connectivity index (χ4v) is 3.51. The summed E-state index contributed by atoms with van der Waals surface area (Å²) in [6, 6.07) is 11.6. The van der Waals surface area contributed by atoms with Crippen molar-refractivity contribution >= 4 is 38.8 Å². The molecule has 0 saturated heterocycles. The highest BCUT2D eigenvalue weighted by Crippen LogP contribution is 2.33.